The van der Waals surface area contributed by atoms with Gasteiger partial charge in [0.2, 0.25) is 0 Å². The zero-order chi connectivity index (χ0) is 49.1. The first-order chi connectivity index (χ1) is 34.8. The van der Waals surface area contributed by atoms with E-state index in [0.29, 0.717) is 23.0 Å². The van der Waals surface area contributed by atoms with Crippen molar-refractivity contribution in [3.8, 4) is 23.0 Å². The Hall–Kier alpha value is -7.06. The minimum atomic E-state index is -3.22. The Morgan fingerprint density at radius 2 is 0.514 bits per heavy atom. The quantitative estimate of drug-likeness (QED) is 0.129. The average Bonchev–Trinajstić information content (AvgIpc) is 4.27. The molecule has 4 aromatic heterocycles. The molecule has 0 spiro atoms. The molecule has 12 heteroatoms. The Balaban J connectivity index is 1.14. The van der Waals surface area contributed by atoms with Gasteiger partial charge in [0.25, 0.3) is 0 Å². The molecule has 356 valence electrons. The zero-order valence-corrected chi connectivity index (χ0v) is 43.4. The van der Waals surface area contributed by atoms with Crippen molar-refractivity contribution in [3.63, 3.8) is 0 Å². The summed E-state index contributed by atoms with van der Waals surface area (Å²) in [4.78, 5) is 16.3. The molecule has 0 amide bonds. The molecule has 20 bridgehead atoms. The summed E-state index contributed by atoms with van der Waals surface area (Å²) < 4.78 is 28.2. The molecule has 0 saturated carbocycles. The Labute approximate surface area is 429 Å². The lowest BCUT2D eigenvalue weighted by Crippen LogP contribution is -2.32. The van der Waals surface area contributed by atoms with Crippen molar-refractivity contribution < 1.29 is 18.1 Å². The van der Waals surface area contributed by atoms with Crippen LogP contribution in [0.1, 0.15) is 95.5 Å². The number of fused-ring (bicyclic) bond motifs is 20. The van der Waals surface area contributed by atoms with E-state index in [1.165, 1.54) is 0 Å². The van der Waals surface area contributed by atoms with E-state index in [2.05, 4.69) is 145 Å². The van der Waals surface area contributed by atoms with Crippen LogP contribution in [0.2, 0.25) is 0 Å². The summed E-state index contributed by atoms with van der Waals surface area (Å²) in [6, 6.07) is 70.9. The van der Waals surface area contributed by atoms with E-state index < -0.39 is 34.6 Å². The predicted octanol–water partition coefficient (Wildman–Crippen LogP) is 13.5. The monoisotopic (exact) mass is 1020 g/mol. The molecule has 0 atom stereocenters. The third kappa shape index (κ3) is 6.76. The van der Waals surface area contributed by atoms with Gasteiger partial charge in [0.15, 0.2) is 0 Å². The Kier molecular flexibility index (Phi) is 10.1. The molecule has 4 N–H and O–H groups in total. The molecular weight excluding hydrogens is 967 g/mol. The van der Waals surface area contributed by atoms with Crippen LogP contribution in [0.4, 0.5) is 0 Å². The van der Waals surface area contributed by atoms with E-state index in [1.54, 1.807) is 0 Å². The second-order valence-corrected chi connectivity index (χ2v) is 26.4. The van der Waals surface area contributed by atoms with Gasteiger partial charge in [-0.1, -0.05) is 84.9 Å². The number of benzene rings is 6. The van der Waals surface area contributed by atoms with E-state index in [-0.39, 0.29) is 0 Å². The first-order valence-electron chi connectivity index (χ1n) is 24.1. The zero-order valence-electron chi connectivity index (χ0n) is 40.0. The van der Waals surface area contributed by atoms with E-state index in [1.807, 2.05) is 109 Å². The van der Waals surface area contributed by atoms with Crippen molar-refractivity contribution >= 4 is 47.2 Å². The van der Waals surface area contributed by atoms with Crippen LogP contribution in [-0.2, 0) is 45.3 Å². The molecule has 0 unspecified atom stereocenters. The predicted molar refractivity (Wildman–Crippen MR) is 294 cm³/mol. The summed E-state index contributed by atoms with van der Waals surface area (Å²) in [5, 5.41) is 1.62. The first-order valence-corrected chi connectivity index (χ1v) is 29.4. The number of aromatic nitrogens is 4. The van der Waals surface area contributed by atoms with Crippen molar-refractivity contribution in [2.75, 3.05) is 0 Å². The fourth-order valence-corrected chi connectivity index (χ4v) is 16.1. The summed E-state index contributed by atoms with van der Waals surface area (Å²) in [7, 11) is 0. The fraction of sp³-hybridized carbons (Fsp3) is 0.133. The molecule has 3 aliphatic rings. The smallest absolute Gasteiger partial charge is 0.319 e. The summed E-state index contributed by atoms with van der Waals surface area (Å²) in [5.74, 6) is 2.47. The molecule has 13 rings (SSSR count). The molecule has 6 aromatic carbocycles. The van der Waals surface area contributed by atoms with E-state index in [9.17, 15) is 0 Å². The molecule has 3 aliphatic heterocycles. The van der Waals surface area contributed by atoms with Crippen molar-refractivity contribution in [1.82, 2.24) is 19.9 Å². The Morgan fingerprint density at radius 3 is 0.736 bits per heavy atom. The van der Waals surface area contributed by atoms with E-state index in [0.717, 1.165) is 78.4 Å². The number of nitrogens with one attached hydrogen (secondary N) is 4. The van der Waals surface area contributed by atoms with E-state index in [4.69, 9.17) is 41.7 Å². The second-order valence-electron chi connectivity index (χ2n) is 19.8. The molecule has 8 nitrogen and oxygen atoms in total. The Bertz CT molecular complexity index is 3400. The largest absolute Gasteiger partial charge is 0.432 e. The van der Waals surface area contributed by atoms with Crippen molar-refractivity contribution in [2.45, 2.75) is 49.4 Å². The van der Waals surface area contributed by atoms with Crippen LogP contribution in [0.5, 0.6) is 23.0 Å². The van der Waals surface area contributed by atoms with Crippen molar-refractivity contribution in [2.24, 2.45) is 0 Å². The lowest BCUT2D eigenvalue weighted by molar-refractivity contribution is 0.494. The highest BCUT2D eigenvalue weighted by molar-refractivity contribution is 8.14. The number of hydrogen-bond donors (Lipinski definition) is 4. The maximum absolute atomic E-state index is 7.04. The highest BCUT2D eigenvalue weighted by atomic mass is 32.5. The summed E-state index contributed by atoms with van der Waals surface area (Å²) in [6.45, 7) is 2.65. The van der Waals surface area contributed by atoms with Gasteiger partial charge in [0.05, 0.1) is 32.3 Å². The van der Waals surface area contributed by atoms with E-state index >= 15 is 0 Å². The van der Waals surface area contributed by atoms with Gasteiger partial charge in [0, 0.05) is 45.6 Å². The van der Waals surface area contributed by atoms with Gasteiger partial charge in [-0.2, -0.15) is 0 Å². The molecule has 10 aromatic rings. The van der Waals surface area contributed by atoms with Crippen LogP contribution in [-0.4, -0.2) is 19.9 Å². The summed E-state index contributed by atoms with van der Waals surface area (Å²) in [5.41, 5.74) is 8.71. The van der Waals surface area contributed by atoms with Gasteiger partial charge < -0.3 is 38.0 Å². The fourth-order valence-electron chi connectivity index (χ4n) is 11.2. The van der Waals surface area contributed by atoms with Crippen LogP contribution in [0.3, 0.4) is 0 Å². The van der Waals surface area contributed by atoms with Gasteiger partial charge in [-0.15, -0.1) is 0 Å². The van der Waals surface area contributed by atoms with Crippen molar-refractivity contribution in [1.29, 1.82) is 0 Å². The topological polar surface area (TPSA) is 100 Å². The Morgan fingerprint density at radius 1 is 0.292 bits per heavy atom. The number of rotatable bonds is 2. The van der Waals surface area contributed by atoms with Crippen LogP contribution >= 0.6 is 13.0 Å². The lowest BCUT2D eigenvalue weighted by atomic mass is 9.76. The summed E-state index contributed by atoms with van der Waals surface area (Å²) in [6.07, 6.45) is 0. The molecule has 7 heterocycles. The molecule has 72 heavy (non-hydrogen) atoms. The van der Waals surface area contributed by atoms with Crippen LogP contribution in [0.15, 0.2) is 206 Å². The lowest BCUT2D eigenvalue weighted by Gasteiger charge is -2.35. The summed E-state index contributed by atoms with van der Waals surface area (Å²) >= 11 is 13.1. The van der Waals surface area contributed by atoms with Gasteiger partial charge in [-0.3, -0.25) is 0 Å². The molecule has 0 radical (unpaired) electrons. The third-order valence-corrected chi connectivity index (χ3v) is 21.6. The van der Waals surface area contributed by atoms with Crippen molar-refractivity contribution in [3.05, 3.63) is 274 Å². The van der Waals surface area contributed by atoms with Gasteiger partial charge >= 0.3 is 13.0 Å². The molecule has 0 aliphatic carbocycles. The molecule has 0 fully saturated rings. The van der Waals surface area contributed by atoms with Crippen LogP contribution in [0, 0.1) is 0 Å². The van der Waals surface area contributed by atoms with Gasteiger partial charge in [-0.05, 0) is 195 Å². The standard InChI is InChI=1S/C60H50N4O4P2S2/c1-57-39-15-11-19-43(35-39)65-69(71,47-23-7-5-8-24-47)66-44-20-12-16-40(36-44)58(2,50-28-27-49(57)61-50)55-33-34-56(64-55)60(4)42-18-14-22-46(38-42)68-70(72,48-25-9-6-10-26-48)67-45-21-13-17-41(37-45)59(3,51-29-30-52(60)62-51)54-32-31-53(57)63-54/h5-38,61-64H,1-4H3/t57-,58+,59+,60-,69?,70?. The minimum absolute atomic E-state index is 0.617. The SMILES string of the molecule is C[C@]12c3cccc(c3)OP(=S)(c3ccccc3)Oc3cccc(c3)[C@](C)(c3ccc1[nH]3)c1ccc([nH]1)[C@@]1(C)c3cccc(c3)OP(=S)(c3ccccc3)Oc3cccc(c3)[C@](C)(c3ccc1[nH]3)c1ccc2[nH]1. The molecule has 0 saturated heterocycles. The maximum atomic E-state index is 7.04. The average molecular weight is 1020 g/mol. The molecular formula is C60H50N4O4P2S2. The number of hydrogen-bond acceptors (Lipinski definition) is 6. The maximum Gasteiger partial charge on any atom is 0.319 e. The van der Waals surface area contributed by atoms with Gasteiger partial charge in [-0.25, -0.2) is 0 Å². The van der Waals surface area contributed by atoms with Crippen LogP contribution in [0.25, 0.3) is 0 Å². The van der Waals surface area contributed by atoms with Gasteiger partial charge in [0.1, 0.15) is 23.0 Å². The minimum Gasteiger partial charge on any atom is -0.432 e. The second kappa shape index (κ2) is 16.2. The van der Waals surface area contributed by atoms with Crippen LogP contribution < -0.4 is 28.7 Å². The highest BCUT2D eigenvalue weighted by Gasteiger charge is 2.45. The number of H-pyrrole nitrogens is 4. The normalized spacial score (nSPS) is 23.2. The third-order valence-electron chi connectivity index (χ3n) is 15.7. The highest BCUT2D eigenvalue weighted by Crippen LogP contribution is 2.54. The first kappa shape index (κ1) is 44.8. The number of aromatic amines is 4.